The van der Waals surface area contributed by atoms with Crippen LogP contribution in [0.25, 0.3) is 0 Å². The van der Waals surface area contributed by atoms with Gasteiger partial charge in [0.25, 0.3) is 0 Å². The maximum atomic E-state index is 11.2. The van der Waals surface area contributed by atoms with Gasteiger partial charge in [0.1, 0.15) is 6.10 Å². The highest BCUT2D eigenvalue weighted by atomic mass is 16.5. The van der Waals surface area contributed by atoms with Crippen LogP contribution in [0.15, 0.2) is 0 Å². The first-order valence-electron chi connectivity index (χ1n) is 10.5. The molecule has 0 rings (SSSR count). The molecule has 25 heavy (non-hydrogen) atoms. The van der Waals surface area contributed by atoms with Crippen molar-refractivity contribution in [2.75, 3.05) is 6.61 Å². The molecule has 0 bridgehead atoms. The second-order valence-corrected chi connectivity index (χ2v) is 6.82. The second-order valence-electron chi connectivity index (χ2n) is 6.82. The van der Waals surface area contributed by atoms with E-state index < -0.39 is 6.10 Å². The summed E-state index contributed by atoms with van der Waals surface area (Å²) in [5.41, 5.74) is 0. The van der Waals surface area contributed by atoms with Crippen molar-refractivity contribution < 1.29 is 14.6 Å². The highest BCUT2D eigenvalue weighted by Crippen LogP contribution is 2.12. The monoisotopic (exact) mass is 352 g/mol. The second kappa shape index (κ2) is 19.3. The molecule has 0 amide bonds. The smallest absolute Gasteiger partial charge is 0.305 e. The van der Waals surface area contributed by atoms with Gasteiger partial charge in [0.05, 0.1) is 6.61 Å². The Hall–Kier alpha value is -1.01. The summed E-state index contributed by atoms with van der Waals surface area (Å²) in [5.74, 6) is 6.00. The van der Waals surface area contributed by atoms with Crippen LogP contribution < -0.4 is 0 Å². The van der Waals surface area contributed by atoms with E-state index in [1.807, 2.05) is 6.92 Å². The third kappa shape index (κ3) is 19.2. The quantitative estimate of drug-likeness (QED) is 0.217. The van der Waals surface area contributed by atoms with E-state index in [1.165, 1.54) is 44.9 Å². The fraction of sp³-hybridized carbons (Fsp3) is 0.864. The minimum absolute atomic E-state index is 0.0531. The molecule has 0 heterocycles. The molecule has 0 aromatic rings. The minimum Gasteiger partial charge on any atom is -0.466 e. The van der Waals surface area contributed by atoms with Crippen molar-refractivity contribution in [2.45, 2.75) is 116 Å². The molecule has 0 saturated heterocycles. The number of ether oxygens (including phenoxy) is 1. The van der Waals surface area contributed by atoms with Crippen molar-refractivity contribution in [3.8, 4) is 11.8 Å². The number of rotatable bonds is 16. The Morgan fingerprint density at radius 3 is 2.00 bits per heavy atom. The average Bonchev–Trinajstić information content (AvgIpc) is 2.60. The molecule has 0 spiro atoms. The SMILES string of the molecule is CCCC[C@@H](O)C#CCCCCCCCCCCCCC(=O)OCC. The topological polar surface area (TPSA) is 46.5 Å². The van der Waals surface area contributed by atoms with E-state index in [-0.39, 0.29) is 5.97 Å². The van der Waals surface area contributed by atoms with Crippen LogP contribution >= 0.6 is 0 Å². The first-order valence-corrected chi connectivity index (χ1v) is 10.5. The largest absolute Gasteiger partial charge is 0.466 e. The number of hydrogen-bond acceptors (Lipinski definition) is 3. The minimum atomic E-state index is -0.419. The van der Waals surface area contributed by atoms with Crippen LogP contribution in [-0.2, 0) is 9.53 Å². The van der Waals surface area contributed by atoms with E-state index in [2.05, 4.69) is 18.8 Å². The molecule has 146 valence electrons. The molecule has 0 radical (unpaired) electrons. The summed E-state index contributed by atoms with van der Waals surface area (Å²) >= 11 is 0. The van der Waals surface area contributed by atoms with Gasteiger partial charge in [0, 0.05) is 12.8 Å². The molecule has 1 atom stereocenters. The van der Waals surface area contributed by atoms with E-state index in [4.69, 9.17) is 4.74 Å². The molecule has 0 aliphatic heterocycles. The number of hydrogen-bond donors (Lipinski definition) is 1. The van der Waals surface area contributed by atoms with Gasteiger partial charge in [-0.1, -0.05) is 77.1 Å². The summed E-state index contributed by atoms with van der Waals surface area (Å²) in [6, 6.07) is 0. The Kier molecular flexibility index (Phi) is 18.5. The van der Waals surface area contributed by atoms with Crippen molar-refractivity contribution in [2.24, 2.45) is 0 Å². The van der Waals surface area contributed by atoms with Crippen LogP contribution in [0.4, 0.5) is 0 Å². The fourth-order valence-corrected chi connectivity index (χ4v) is 2.79. The number of aliphatic hydroxyl groups is 1. The highest BCUT2D eigenvalue weighted by Gasteiger charge is 2.00. The summed E-state index contributed by atoms with van der Waals surface area (Å²) in [5, 5.41) is 9.61. The predicted molar refractivity (Wildman–Crippen MR) is 105 cm³/mol. The zero-order valence-corrected chi connectivity index (χ0v) is 16.7. The summed E-state index contributed by atoms with van der Waals surface area (Å²) in [7, 11) is 0. The maximum Gasteiger partial charge on any atom is 0.305 e. The number of esters is 1. The summed E-state index contributed by atoms with van der Waals surface area (Å²) < 4.78 is 4.92. The molecule has 0 aliphatic carbocycles. The lowest BCUT2D eigenvalue weighted by atomic mass is 10.1. The first-order chi connectivity index (χ1) is 12.2. The Labute approximate surface area is 155 Å². The Morgan fingerprint density at radius 1 is 0.880 bits per heavy atom. The zero-order chi connectivity index (χ0) is 18.6. The third-order valence-corrected chi connectivity index (χ3v) is 4.34. The lowest BCUT2D eigenvalue weighted by Gasteiger charge is -2.03. The van der Waals surface area contributed by atoms with Crippen molar-refractivity contribution in [3.05, 3.63) is 0 Å². The van der Waals surface area contributed by atoms with Gasteiger partial charge >= 0.3 is 5.97 Å². The molecule has 3 nitrogen and oxygen atoms in total. The van der Waals surface area contributed by atoms with Gasteiger partial charge < -0.3 is 9.84 Å². The van der Waals surface area contributed by atoms with Crippen LogP contribution in [0, 0.1) is 11.8 Å². The Bertz CT molecular complexity index is 354. The normalized spacial score (nSPS) is 11.6. The number of carbonyl (C=O) groups is 1. The summed E-state index contributed by atoms with van der Waals surface area (Å²) in [6.45, 7) is 4.48. The molecule has 0 fully saturated rings. The first kappa shape index (κ1) is 24.0. The molecule has 0 aromatic heterocycles. The van der Waals surface area contributed by atoms with Gasteiger partial charge in [-0.3, -0.25) is 4.79 Å². The molecular formula is C22H40O3. The van der Waals surface area contributed by atoms with Gasteiger partial charge in [0.2, 0.25) is 0 Å². The predicted octanol–water partition coefficient (Wildman–Crippen LogP) is 5.79. The van der Waals surface area contributed by atoms with Crippen LogP contribution in [0.1, 0.15) is 110 Å². The van der Waals surface area contributed by atoms with Gasteiger partial charge in [-0.25, -0.2) is 0 Å². The zero-order valence-electron chi connectivity index (χ0n) is 16.7. The van der Waals surface area contributed by atoms with Crippen molar-refractivity contribution >= 4 is 5.97 Å². The van der Waals surface area contributed by atoms with Gasteiger partial charge in [-0.15, -0.1) is 5.92 Å². The lowest BCUT2D eigenvalue weighted by Crippen LogP contribution is -2.03. The van der Waals surface area contributed by atoms with Crippen LogP contribution in [0.5, 0.6) is 0 Å². The van der Waals surface area contributed by atoms with E-state index in [0.717, 1.165) is 44.9 Å². The number of carbonyl (C=O) groups excluding carboxylic acids is 1. The third-order valence-electron chi connectivity index (χ3n) is 4.34. The standard InChI is InChI=1S/C22H40O3/c1-3-5-18-21(23)19-16-14-12-10-8-6-7-9-11-13-15-17-20-22(24)25-4-2/h21,23H,3-15,17-18,20H2,1-2H3/t21-/m1/s1. The molecule has 1 N–H and O–H groups in total. The van der Waals surface area contributed by atoms with Crippen molar-refractivity contribution in [3.63, 3.8) is 0 Å². The molecule has 0 aromatic carbocycles. The van der Waals surface area contributed by atoms with Gasteiger partial charge in [-0.2, -0.15) is 0 Å². The van der Waals surface area contributed by atoms with Crippen LogP contribution in [-0.4, -0.2) is 23.8 Å². The van der Waals surface area contributed by atoms with Crippen LogP contribution in [0.2, 0.25) is 0 Å². The molecule has 3 heteroatoms. The molecule has 0 unspecified atom stereocenters. The Morgan fingerprint density at radius 2 is 1.44 bits per heavy atom. The van der Waals surface area contributed by atoms with E-state index in [9.17, 15) is 9.90 Å². The van der Waals surface area contributed by atoms with E-state index >= 15 is 0 Å². The fourth-order valence-electron chi connectivity index (χ4n) is 2.79. The number of unbranched alkanes of at least 4 members (excludes halogenated alkanes) is 11. The van der Waals surface area contributed by atoms with Crippen molar-refractivity contribution in [1.82, 2.24) is 0 Å². The van der Waals surface area contributed by atoms with E-state index in [0.29, 0.717) is 13.0 Å². The summed E-state index contributed by atoms with van der Waals surface area (Å²) in [6.07, 6.45) is 16.3. The maximum absolute atomic E-state index is 11.2. The average molecular weight is 353 g/mol. The van der Waals surface area contributed by atoms with Crippen LogP contribution in [0.3, 0.4) is 0 Å². The summed E-state index contributed by atoms with van der Waals surface area (Å²) in [4.78, 5) is 11.2. The van der Waals surface area contributed by atoms with Crippen molar-refractivity contribution in [1.29, 1.82) is 0 Å². The van der Waals surface area contributed by atoms with Gasteiger partial charge in [0.15, 0.2) is 0 Å². The highest BCUT2D eigenvalue weighted by molar-refractivity contribution is 5.69. The Balaban J connectivity index is 3.21. The van der Waals surface area contributed by atoms with Gasteiger partial charge in [-0.05, 0) is 26.2 Å². The molecular weight excluding hydrogens is 312 g/mol. The van der Waals surface area contributed by atoms with E-state index in [1.54, 1.807) is 0 Å². The number of aliphatic hydroxyl groups excluding tert-OH is 1. The molecule has 0 aliphatic rings. The molecule has 0 saturated carbocycles. The lowest BCUT2D eigenvalue weighted by molar-refractivity contribution is -0.143.